The fourth-order valence-corrected chi connectivity index (χ4v) is 3.36. The molecule has 1 aromatic carbocycles. The molecule has 0 aliphatic carbocycles. The summed E-state index contributed by atoms with van der Waals surface area (Å²) in [4.78, 5) is 0. The minimum absolute atomic E-state index is 0.158. The van der Waals surface area contributed by atoms with Crippen molar-refractivity contribution in [3.05, 3.63) is 45.6 Å². The molecule has 7 heteroatoms. The van der Waals surface area contributed by atoms with Crippen LogP contribution in [0.5, 0.6) is 0 Å². The first-order chi connectivity index (χ1) is 9.35. The van der Waals surface area contributed by atoms with E-state index in [4.69, 9.17) is 11.6 Å². The Bertz CT molecular complexity index is 684. The summed E-state index contributed by atoms with van der Waals surface area (Å²) in [6, 6.07) is 7.36. The maximum Gasteiger partial charge on any atom is 0.229 e. The van der Waals surface area contributed by atoms with Crippen molar-refractivity contribution in [1.29, 1.82) is 0 Å². The summed E-state index contributed by atoms with van der Waals surface area (Å²) in [7, 11) is -3.32. The van der Waals surface area contributed by atoms with E-state index in [0.29, 0.717) is 10.7 Å². The van der Waals surface area contributed by atoms with Crippen molar-refractivity contribution in [2.45, 2.75) is 13.0 Å². The van der Waals surface area contributed by atoms with Crippen LogP contribution in [-0.4, -0.2) is 14.7 Å². The molecule has 108 valence electrons. The monoisotopic (exact) mass is 330 g/mol. The first kappa shape index (κ1) is 15.2. The average molecular weight is 331 g/mol. The largest absolute Gasteiger partial charge is 0.378 e. The fraction of sp³-hybridized carbons (Fsp3) is 0.231. The standard InChI is InChI=1S/C13H15ClN2O2S2/c1-9(10-5-6-19-8-10)15-11-3-4-13(12(14)7-11)16-20(2,17)18/h3-9,15-16H,1-2H3. The number of thiophene rings is 1. The van der Waals surface area contributed by atoms with Crippen LogP contribution < -0.4 is 10.0 Å². The summed E-state index contributed by atoms with van der Waals surface area (Å²) < 4.78 is 24.7. The molecule has 0 amide bonds. The molecule has 1 unspecified atom stereocenters. The van der Waals surface area contributed by atoms with Gasteiger partial charge in [-0.25, -0.2) is 8.42 Å². The molecule has 0 radical (unpaired) electrons. The maximum atomic E-state index is 11.2. The third kappa shape index (κ3) is 4.13. The summed E-state index contributed by atoms with van der Waals surface area (Å²) in [5.74, 6) is 0. The average Bonchev–Trinajstić information content (AvgIpc) is 2.85. The minimum atomic E-state index is -3.32. The lowest BCUT2D eigenvalue weighted by atomic mass is 10.1. The molecule has 0 saturated heterocycles. The number of nitrogens with one attached hydrogen (secondary N) is 2. The number of benzene rings is 1. The molecule has 20 heavy (non-hydrogen) atoms. The Kier molecular flexibility index (Phi) is 4.57. The van der Waals surface area contributed by atoms with E-state index in [9.17, 15) is 8.42 Å². The number of hydrogen-bond acceptors (Lipinski definition) is 4. The van der Waals surface area contributed by atoms with Crippen LogP contribution >= 0.6 is 22.9 Å². The number of hydrogen-bond donors (Lipinski definition) is 2. The summed E-state index contributed by atoms with van der Waals surface area (Å²) in [5.41, 5.74) is 2.42. The predicted molar refractivity (Wildman–Crippen MR) is 86.3 cm³/mol. The Balaban J connectivity index is 2.13. The van der Waals surface area contributed by atoms with Crippen molar-refractivity contribution in [2.24, 2.45) is 0 Å². The Morgan fingerprint density at radius 3 is 2.60 bits per heavy atom. The van der Waals surface area contributed by atoms with Gasteiger partial charge >= 0.3 is 0 Å². The molecule has 1 atom stereocenters. The molecular formula is C13H15ClN2O2S2. The zero-order chi connectivity index (χ0) is 14.8. The normalized spacial score (nSPS) is 12.9. The van der Waals surface area contributed by atoms with Gasteiger partial charge in [-0.2, -0.15) is 11.3 Å². The van der Waals surface area contributed by atoms with Crippen molar-refractivity contribution in [2.75, 3.05) is 16.3 Å². The smallest absolute Gasteiger partial charge is 0.229 e. The van der Waals surface area contributed by atoms with Gasteiger partial charge in [-0.3, -0.25) is 4.72 Å². The quantitative estimate of drug-likeness (QED) is 0.872. The van der Waals surface area contributed by atoms with Crippen LogP contribution in [0.1, 0.15) is 18.5 Å². The highest BCUT2D eigenvalue weighted by Crippen LogP contribution is 2.28. The molecule has 2 N–H and O–H groups in total. The van der Waals surface area contributed by atoms with E-state index in [0.717, 1.165) is 11.9 Å². The van der Waals surface area contributed by atoms with Crippen LogP contribution in [0.4, 0.5) is 11.4 Å². The van der Waals surface area contributed by atoms with Gasteiger partial charge in [0.25, 0.3) is 0 Å². The zero-order valence-electron chi connectivity index (χ0n) is 11.1. The van der Waals surface area contributed by atoms with E-state index in [1.807, 2.05) is 5.38 Å². The molecule has 1 heterocycles. The number of anilines is 2. The molecule has 2 rings (SSSR count). The van der Waals surface area contributed by atoms with Crippen molar-refractivity contribution in [1.82, 2.24) is 0 Å². The van der Waals surface area contributed by atoms with Gasteiger partial charge < -0.3 is 5.32 Å². The number of rotatable bonds is 5. The maximum absolute atomic E-state index is 11.2. The van der Waals surface area contributed by atoms with E-state index in [1.165, 1.54) is 5.56 Å². The van der Waals surface area contributed by atoms with Crippen molar-refractivity contribution in [3.8, 4) is 0 Å². The first-order valence-electron chi connectivity index (χ1n) is 5.91. The second-order valence-electron chi connectivity index (χ2n) is 4.49. The second kappa shape index (κ2) is 6.03. The van der Waals surface area contributed by atoms with E-state index >= 15 is 0 Å². The molecule has 1 aromatic heterocycles. The van der Waals surface area contributed by atoms with Gasteiger partial charge in [0.05, 0.1) is 17.0 Å². The number of sulfonamides is 1. The topological polar surface area (TPSA) is 58.2 Å². The molecule has 2 aromatic rings. The summed E-state index contributed by atoms with van der Waals surface area (Å²) in [5, 5.41) is 7.79. The van der Waals surface area contributed by atoms with Gasteiger partial charge in [-0.05, 0) is 47.5 Å². The lowest BCUT2D eigenvalue weighted by Gasteiger charge is -2.15. The van der Waals surface area contributed by atoms with Crippen molar-refractivity contribution < 1.29 is 8.42 Å². The lowest BCUT2D eigenvalue weighted by Crippen LogP contribution is -2.10. The molecule has 0 aliphatic heterocycles. The second-order valence-corrected chi connectivity index (χ2v) is 7.43. The third-order valence-electron chi connectivity index (χ3n) is 2.69. The highest BCUT2D eigenvalue weighted by molar-refractivity contribution is 7.92. The summed E-state index contributed by atoms with van der Waals surface area (Å²) in [6.07, 6.45) is 1.09. The molecule has 0 fully saturated rings. The molecule has 4 nitrogen and oxygen atoms in total. The SMILES string of the molecule is CC(Nc1ccc(NS(C)(=O)=O)c(Cl)c1)c1ccsc1. The summed E-state index contributed by atoms with van der Waals surface area (Å²) in [6.45, 7) is 2.05. The van der Waals surface area contributed by atoms with Crippen LogP contribution in [0.3, 0.4) is 0 Å². The van der Waals surface area contributed by atoms with Gasteiger partial charge in [0, 0.05) is 11.7 Å². The Morgan fingerprint density at radius 2 is 2.05 bits per heavy atom. The van der Waals surface area contributed by atoms with E-state index in [-0.39, 0.29) is 6.04 Å². The molecule has 0 saturated carbocycles. The molecule has 0 spiro atoms. The summed E-state index contributed by atoms with van der Waals surface area (Å²) >= 11 is 7.73. The van der Waals surface area contributed by atoms with Crippen molar-refractivity contribution in [3.63, 3.8) is 0 Å². The fourth-order valence-electron chi connectivity index (χ4n) is 1.74. The van der Waals surface area contributed by atoms with Gasteiger partial charge in [-0.1, -0.05) is 11.6 Å². The first-order valence-corrected chi connectivity index (χ1v) is 9.12. The van der Waals surface area contributed by atoms with Gasteiger partial charge in [0.15, 0.2) is 0 Å². The lowest BCUT2D eigenvalue weighted by molar-refractivity contribution is 0.607. The Hall–Kier alpha value is -1.24. The molecule has 0 aliphatic rings. The van der Waals surface area contributed by atoms with Gasteiger partial charge in [0.2, 0.25) is 10.0 Å². The molecule has 0 bridgehead atoms. The third-order valence-corrected chi connectivity index (χ3v) is 4.30. The molecular weight excluding hydrogens is 316 g/mol. The zero-order valence-corrected chi connectivity index (χ0v) is 13.4. The number of halogens is 1. The highest BCUT2D eigenvalue weighted by Gasteiger charge is 2.09. The van der Waals surface area contributed by atoms with Gasteiger partial charge in [-0.15, -0.1) is 0 Å². The van der Waals surface area contributed by atoms with Crippen LogP contribution in [-0.2, 0) is 10.0 Å². The van der Waals surface area contributed by atoms with E-state index in [2.05, 4.69) is 28.4 Å². The van der Waals surface area contributed by atoms with Crippen LogP contribution in [0.15, 0.2) is 35.0 Å². The van der Waals surface area contributed by atoms with Crippen LogP contribution in [0, 0.1) is 0 Å². The van der Waals surface area contributed by atoms with Crippen LogP contribution in [0.25, 0.3) is 0 Å². The van der Waals surface area contributed by atoms with Gasteiger partial charge in [0.1, 0.15) is 0 Å². The Morgan fingerprint density at radius 1 is 1.30 bits per heavy atom. The highest BCUT2D eigenvalue weighted by atomic mass is 35.5. The predicted octanol–water partition coefficient (Wildman–Crippen LogP) is 3.95. The Labute approximate surface area is 127 Å². The van der Waals surface area contributed by atoms with Crippen LogP contribution in [0.2, 0.25) is 5.02 Å². The minimum Gasteiger partial charge on any atom is -0.378 e. The van der Waals surface area contributed by atoms with Crippen molar-refractivity contribution >= 4 is 44.3 Å². The van der Waals surface area contributed by atoms with E-state index < -0.39 is 10.0 Å². The van der Waals surface area contributed by atoms with E-state index in [1.54, 1.807) is 29.5 Å².